The minimum absolute atomic E-state index is 0.122. The Balaban J connectivity index is 2.85. The molecule has 0 bridgehead atoms. The molecule has 0 aliphatic rings. The van der Waals surface area contributed by atoms with Gasteiger partial charge in [-0.1, -0.05) is 0 Å². The number of anilines is 1. The van der Waals surface area contributed by atoms with Crippen LogP contribution >= 0.6 is 15.9 Å². The predicted molar refractivity (Wildman–Crippen MR) is 74.1 cm³/mol. The van der Waals surface area contributed by atoms with Crippen molar-refractivity contribution in [2.24, 2.45) is 0 Å². The summed E-state index contributed by atoms with van der Waals surface area (Å²) < 4.78 is 0.346. The summed E-state index contributed by atoms with van der Waals surface area (Å²) in [5.41, 5.74) is 0.208. The number of amides is 2. The highest BCUT2D eigenvalue weighted by molar-refractivity contribution is 9.10. The second-order valence-electron chi connectivity index (χ2n) is 3.66. The van der Waals surface area contributed by atoms with E-state index in [2.05, 4.69) is 21.2 Å². The van der Waals surface area contributed by atoms with E-state index >= 15 is 0 Å². The highest BCUT2D eigenvalue weighted by Crippen LogP contribution is 2.27. The van der Waals surface area contributed by atoms with Crippen molar-refractivity contribution in [2.45, 2.75) is 6.92 Å². The Morgan fingerprint density at radius 2 is 2.26 bits per heavy atom. The number of nitrogens with one attached hydrogen (secondary N) is 1. The van der Waals surface area contributed by atoms with Crippen molar-refractivity contribution in [1.82, 2.24) is 4.90 Å². The smallest absolute Gasteiger partial charge is 0.321 e. The van der Waals surface area contributed by atoms with Gasteiger partial charge in [0.15, 0.2) is 0 Å². The summed E-state index contributed by atoms with van der Waals surface area (Å²) in [5, 5.41) is 22.1. The summed E-state index contributed by atoms with van der Waals surface area (Å²) in [5.74, 6) is 0. The third-order valence-corrected chi connectivity index (χ3v) is 3.10. The van der Waals surface area contributed by atoms with Gasteiger partial charge >= 0.3 is 6.03 Å². The number of likely N-dealkylation sites (N-methyl/N-ethyl adjacent to an activating group) is 1. The summed E-state index contributed by atoms with van der Waals surface area (Å²) >= 11 is 3.07. The van der Waals surface area contributed by atoms with Gasteiger partial charge < -0.3 is 15.3 Å². The summed E-state index contributed by atoms with van der Waals surface area (Å²) in [6.07, 6.45) is 0. The van der Waals surface area contributed by atoms with E-state index in [0.29, 0.717) is 16.7 Å². The second-order valence-corrected chi connectivity index (χ2v) is 4.51. The van der Waals surface area contributed by atoms with E-state index in [4.69, 9.17) is 5.11 Å². The standard InChI is InChI=1S/C11H14BrN3O4/c1-2-14(5-6-16)11(17)13-8-3-4-9(12)10(7-8)15(18)19/h3-4,7,16H,2,5-6H2,1H3,(H,13,17). The molecule has 0 saturated heterocycles. The zero-order chi connectivity index (χ0) is 14.4. The number of nitro benzene ring substituents is 1. The van der Waals surface area contributed by atoms with Gasteiger partial charge in [-0.15, -0.1) is 0 Å². The van der Waals surface area contributed by atoms with Crippen LogP contribution in [0.15, 0.2) is 22.7 Å². The number of nitro groups is 1. The van der Waals surface area contributed by atoms with Crippen LogP contribution in [-0.2, 0) is 0 Å². The molecular formula is C11H14BrN3O4. The van der Waals surface area contributed by atoms with E-state index < -0.39 is 11.0 Å². The lowest BCUT2D eigenvalue weighted by Gasteiger charge is -2.20. The van der Waals surface area contributed by atoms with Gasteiger partial charge in [-0.05, 0) is 35.0 Å². The number of aliphatic hydroxyl groups is 1. The Morgan fingerprint density at radius 3 is 2.79 bits per heavy atom. The third-order valence-electron chi connectivity index (χ3n) is 2.43. The highest BCUT2D eigenvalue weighted by Gasteiger charge is 2.15. The highest BCUT2D eigenvalue weighted by atomic mass is 79.9. The van der Waals surface area contributed by atoms with E-state index in [9.17, 15) is 14.9 Å². The Morgan fingerprint density at radius 1 is 1.58 bits per heavy atom. The van der Waals surface area contributed by atoms with E-state index in [0.717, 1.165) is 0 Å². The third kappa shape index (κ3) is 4.18. The average Bonchev–Trinajstić information content (AvgIpc) is 2.37. The normalized spacial score (nSPS) is 10.1. The molecule has 0 aliphatic carbocycles. The summed E-state index contributed by atoms with van der Waals surface area (Å²) in [6, 6.07) is 3.92. The van der Waals surface area contributed by atoms with Crippen LogP contribution in [0.4, 0.5) is 16.2 Å². The monoisotopic (exact) mass is 331 g/mol. The van der Waals surface area contributed by atoms with E-state index in [1.807, 2.05) is 0 Å². The number of hydrogen-bond acceptors (Lipinski definition) is 4. The summed E-state index contributed by atoms with van der Waals surface area (Å²) in [4.78, 5) is 23.5. The first kappa shape index (κ1) is 15.4. The van der Waals surface area contributed by atoms with Crippen LogP contribution in [0, 0.1) is 10.1 Å². The molecule has 0 aliphatic heterocycles. The van der Waals surface area contributed by atoms with Crippen LogP contribution in [0.2, 0.25) is 0 Å². The first-order valence-electron chi connectivity index (χ1n) is 5.60. The number of halogens is 1. The van der Waals surface area contributed by atoms with Crippen LogP contribution < -0.4 is 5.32 Å². The minimum atomic E-state index is -0.537. The minimum Gasteiger partial charge on any atom is -0.395 e. The molecule has 0 unspecified atom stereocenters. The number of carbonyl (C=O) groups is 1. The van der Waals surface area contributed by atoms with Gasteiger partial charge in [-0.2, -0.15) is 0 Å². The Kier molecular flexibility index (Phi) is 5.71. The molecule has 8 heteroatoms. The molecular weight excluding hydrogens is 318 g/mol. The van der Waals surface area contributed by atoms with E-state index in [1.54, 1.807) is 13.0 Å². The largest absolute Gasteiger partial charge is 0.395 e. The second kappa shape index (κ2) is 7.05. The topological polar surface area (TPSA) is 95.7 Å². The molecule has 19 heavy (non-hydrogen) atoms. The quantitative estimate of drug-likeness (QED) is 0.638. The number of urea groups is 1. The van der Waals surface area contributed by atoms with Gasteiger partial charge in [-0.25, -0.2) is 4.79 Å². The molecule has 7 nitrogen and oxygen atoms in total. The molecule has 0 fully saturated rings. The number of rotatable bonds is 5. The molecule has 0 saturated carbocycles. The fourth-order valence-corrected chi connectivity index (χ4v) is 1.85. The van der Waals surface area contributed by atoms with Crippen molar-refractivity contribution in [1.29, 1.82) is 0 Å². The van der Waals surface area contributed by atoms with Crippen molar-refractivity contribution >= 4 is 33.3 Å². The number of benzene rings is 1. The molecule has 0 aromatic heterocycles. The Labute approximate surface area is 118 Å². The number of hydrogen-bond donors (Lipinski definition) is 2. The Bertz CT molecular complexity index is 481. The van der Waals surface area contributed by atoms with Crippen molar-refractivity contribution < 1.29 is 14.8 Å². The summed E-state index contributed by atoms with van der Waals surface area (Å²) in [7, 11) is 0. The number of carbonyl (C=O) groups excluding carboxylic acids is 1. The van der Waals surface area contributed by atoms with Gasteiger partial charge in [0.2, 0.25) is 0 Å². The fraction of sp³-hybridized carbons (Fsp3) is 0.364. The van der Waals surface area contributed by atoms with Crippen LogP contribution in [0.5, 0.6) is 0 Å². The maximum absolute atomic E-state index is 11.8. The molecule has 0 heterocycles. The molecule has 104 valence electrons. The van der Waals surface area contributed by atoms with Crippen LogP contribution in [-0.4, -0.2) is 40.7 Å². The van der Waals surface area contributed by atoms with Gasteiger partial charge in [0.25, 0.3) is 5.69 Å². The Hall–Kier alpha value is -1.67. The van der Waals surface area contributed by atoms with Crippen LogP contribution in [0.25, 0.3) is 0 Å². The maximum atomic E-state index is 11.8. The fourth-order valence-electron chi connectivity index (χ4n) is 1.46. The molecule has 2 amide bonds. The van der Waals surface area contributed by atoms with E-state index in [1.165, 1.54) is 17.0 Å². The first-order valence-corrected chi connectivity index (χ1v) is 6.39. The van der Waals surface area contributed by atoms with Gasteiger partial charge in [-0.3, -0.25) is 10.1 Å². The molecule has 1 rings (SSSR count). The van der Waals surface area contributed by atoms with Crippen molar-refractivity contribution in [3.05, 3.63) is 32.8 Å². The summed E-state index contributed by atoms with van der Waals surface area (Å²) in [6.45, 7) is 2.28. The zero-order valence-corrected chi connectivity index (χ0v) is 11.9. The van der Waals surface area contributed by atoms with Gasteiger partial charge in [0.05, 0.1) is 16.0 Å². The molecule has 0 spiro atoms. The van der Waals surface area contributed by atoms with Crippen molar-refractivity contribution in [3.8, 4) is 0 Å². The SMILES string of the molecule is CCN(CCO)C(=O)Nc1ccc(Br)c([N+](=O)[O-])c1. The number of aliphatic hydroxyl groups excluding tert-OH is 1. The van der Waals surface area contributed by atoms with Crippen molar-refractivity contribution in [2.75, 3.05) is 25.0 Å². The van der Waals surface area contributed by atoms with E-state index in [-0.39, 0.29) is 18.8 Å². The van der Waals surface area contributed by atoms with Gasteiger partial charge in [0, 0.05) is 24.8 Å². The lowest BCUT2D eigenvalue weighted by Crippen LogP contribution is -2.36. The maximum Gasteiger partial charge on any atom is 0.321 e. The predicted octanol–water partition coefficient (Wildman–Crippen LogP) is 2.20. The number of nitrogens with zero attached hydrogens (tertiary/aromatic N) is 2. The lowest BCUT2D eigenvalue weighted by atomic mass is 10.3. The molecule has 1 aromatic rings. The average molecular weight is 332 g/mol. The van der Waals surface area contributed by atoms with Crippen LogP contribution in [0.3, 0.4) is 0 Å². The molecule has 2 N–H and O–H groups in total. The molecule has 1 aromatic carbocycles. The molecule has 0 atom stereocenters. The van der Waals surface area contributed by atoms with Crippen LogP contribution in [0.1, 0.15) is 6.92 Å². The van der Waals surface area contributed by atoms with Gasteiger partial charge in [0.1, 0.15) is 0 Å². The van der Waals surface area contributed by atoms with Crippen molar-refractivity contribution in [3.63, 3.8) is 0 Å². The lowest BCUT2D eigenvalue weighted by molar-refractivity contribution is -0.385. The first-order chi connectivity index (χ1) is 8.99. The molecule has 0 radical (unpaired) electrons. The zero-order valence-electron chi connectivity index (χ0n) is 10.3.